The maximum atomic E-state index is 9.01. The highest BCUT2D eigenvalue weighted by atomic mass is 16.5. The van der Waals surface area contributed by atoms with Crippen LogP contribution in [0, 0.1) is 0 Å². The van der Waals surface area contributed by atoms with Crippen LogP contribution >= 0.6 is 0 Å². The number of rotatable bonds is 5. The highest BCUT2D eigenvalue weighted by molar-refractivity contribution is 5.40. The van der Waals surface area contributed by atoms with Gasteiger partial charge in [-0.2, -0.15) is 0 Å². The predicted molar refractivity (Wildman–Crippen MR) is 58.1 cm³/mol. The van der Waals surface area contributed by atoms with Gasteiger partial charge in [0.2, 0.25) is 0 Å². The van der Waals surface area contributed by atoms with Gasteiger partial charge in [0.25, 0.3) is 0 Å². The number of hydrogen-bond donors (Lipinski definition) is 2. The van der Waals surface area contributed by atoms with Gasteiger partial charge in [0.15, 0.2) is 0 Å². The molecule has 84 valence electrons. The lowest BCUT2D eigenvalue weighted by Gasteiger charge is -2.11. The minimum Gasteiger partial charge on any atom is -0.497 e. The molecule has 1 rings (SSSR count). The van der Waals surface area contributed by atoms with E-state index >= 15 is 0 Å². The normalized spacial score (nSPS) is 12.3. The summed E-state index contributed by atoms with van der Waals surface area (Å²) in [6.45, 7) is 0. The van der Waals surface area contributed by atoms with Crippen molar-refractivity contribution in [3.63, 3.8) is 0 Å². The van der Waals surface area contributed by atoms with Gasteiger partial charge in [-0.3, -0.25) is 0 Å². The summed E-state index contributed by atoms with van der Waals surface area (Å²) in [6, 6.07) is 5.57. The second-order valence-electron chi connectivity index (χ2n) is 3.28. The fourth-order valence-electron chi connectivity index (χ4n) is 1.38. The van der Waals surface area contributed by atoms with Crippen molar-refractivity contribution in [2.45, 2.75) is 19.1 Å². The van der Waals surface area contributed by atoms with E-state index in [1.165, 1.54) is 0 Å². The lowest BCUT2D eigenvalue weighted by Crippen LogP contribution is -2.19. The summed E-state index contributed by atoms with van der Waals surface area (Å²) >= 11 is 0. The molecule has 15 heavy (non-hydrogen) atoms. The highest BCUT2D eigenvalue weighted by Crippen LogP contribution is 2.25. The molecule has 3 N–H and O–H groups in total. The molecule has 0 heterocycles. The van der Waals surface area contributed by atoms with Crippen molar-refractivity contribution < 1.29 is 14.6 Å². The number of ether oxygens (including phenoxy) is 2. The Hall–Kier alpha value is -1.26. The number of aryl methyl sites for hydroxylation is 1. The van der Waals surface area contributed by atoms with Gasteiger partial charge in [0.1, 0.15) is 17.7 Å². The highest BCUT2D eigenvalue weighted by Gasteiger charge is 2.06. The monoisotopic (exact) mass is 211 g/mol. The van der Waals surface area contributed by atoms with Crippen LogP contribution in [-0.2, 0) is 6.42 Å². The predicted octanol–water partition coefficient (Wildman–Crippen LogP) is 0.913. The van der Waals surface area contributed by atoms with Crippen LogP contribution in [0.2, 0.25) is 0 Å². The van der Waals surface area contributed by atoms with Gasteiger partial charge in [0.05, 0.1) is 14.2 Å². The first-order valence-electron chi connectivity index (χ1n) is 4.82. The molecular weight excluding hydrogens is 194 g/mol. The number of aliphatic hydroxyl groups is 1. The van der Waals surface area contributed by atoms with E-state index in [2.05, 4.69) is 0 Å². The van der Waals surface area contributed by atoms with Crippen LogP contribution in [0.15, 0.2) is 18.2 Å². The Morgan fingerprint density at radius 1 is 1.33 bits per heavy atom. The second kappa shape index (κ2) is 5.58. The standard InChI is InChI=1S/C11H17NO3/c1-14-9-4-5-10(15-2)8(7-9)3-6-11(12)13/h4-5,7,11,13H,3,6,12H2,1-2H3. The Kier molecular flexibility index (Phi) is 4.39. The molecule has 0 amide bonds. The van der Waals surface area contributed by atoms with E-state index in [-0.39, 0.29) is 0 Å². The molecule has 0 aromatic heterocycles. The average molecular weight is 211 g/mol. The topological polar surface area (TPSA) is 64.7 Å². The molecule has 0 saturated carbocycles. The summed E-state index contributed by atoms with van der Waals surface area (Å²) in [7, 11) is 3.23. The first-order valence-corrected chi connectivity index (χ1v) is 4.82. The fraction of sp³-hybridized carbons (Fsp3) is 0.455. The average Bonchev–Trinajstić information content (AvgIpc) is 2.25. The summed E-state index contributed by atoms with van der Waals surface area (Å²) in [5.74, 6) is 1.56. The number of hydrogen-bond acceptors (Lipinski definition) is 4. The van der Waals surface area contributed by atoms with E-state index in [0.717, 1.165) is 17.1 Å². The molecule has 0 radical (unpaired) electrons. The van der Waals surface area contributed by atoms with Gasteiger partial charge in [0, 0.05) is 0 Å². The van der Waals surface area contributed by atoms with Crippen LogP contribution in [0.4, 0.5) is 0 Å². The zero-order valence-electron chi connectivity index (χ0n) is 9.06. The molecule has 1 unspecified atom stereocenters. The molecule has 0 saturated heterocycles. The number of methoxy groups -OCH3 is 2. The molecule has 4 heteroatoms. The molecular formula is C11H17NO3. The summed E-state index contributed by atoms with van der Waals surface area (Å²) in [5.41, 5.74) is 6.27. The molecule has 1 aromatic rings. The zero-order valence-corrected chi connectivity index (χ0v) is 9.06. The molecule has 4 nitrogen and oxygen atoms in total. The zero-order chi connectivity index (χ0) is 11.3. The molecule has 0 aliphatic rings. The number of aliphatic hydroxyl groups excluding tert-OH is 1. The quantitative estimate of drug-likeness (QED) is 0.711. The van der Waals surface area contributed by atoms with Gasteiger partial charge in [-0.1, -0.05) is 0 Å². The van der Waals surface area contributed by atoms with Gasteiger partial charge in [-0.05, 0) is 36.6 Å². The SMILES string of the molecule is COc1ccc(OC)c(CCC(N)O)c1. The second-order valence-corrected chi connectivity index (χ2v) is 3.28. The van der Waals surface area contributed by atoms with Gasteiger partial charge < -0.3 is 20.3 Å². The smallest absolute Gasteiger partial charge is 0.122 e. The third-order valence-corrected chi connectivity index (χ3v) is 2.20. The van der Waals surface area contributed by atoms with Crippen LogP contribution in [0.1, 0.15) is 12.0 Å². The first kappa shape index (κ1) is 11.8. The van der Waals surface area contributed by atoms with E-state index in [1.54, 1.807) is 14.2 Å². The van der Waals surface area contributed by atoms with Crippen LogP contribution in [0.25, 0.3) is 0 Å². The minimum atomic E-state index is -0.791. The van der Waals surface area contributed by atoms with Crippen molar-refractivity contribution in [2.75, 3.05) is 14.2 Å². The summed E-state index contributed by atoms with van der Waals surface area (Å²) in [5, 5.41) is 9.01. The van der Waals surface area contributed by atoms with E-state index < -0.39 is 6.23 Å². The van der Waals surface area contributed by atoms with Crippen molar-refractivity contribution in [3.8, 4) is 11.5 Å². The van der Waals surface area contributed by atoms with E-state index in [4.69, 9.17) is 20.3 Å². The van der Waals surface area contributed by atoms with Gasteiger partial charge >= 0.3 is 0 Å². The Bertz CT molecular complexity index is 313. The lowest BCUT2D eigenvalue weighted by atomic mass is 10.1. The van der Waals surface area contributed by atoms with Crippen molar-refractivity contribution in [1.82, 2.24) is 0 Å². The van der Waals surface area contributed by atoms with E-state index in [9.17, 15) is 0 Å². The Labute approximate surface area is 89.6 Å². The van der Waals surface area contributed by atoms with E-state index in [1.807, 2.05) is 18.2 Å². The fourth-order valence-corrected chi connectivity index (χ4v) is 1.38. The Morgan fingerprint density at radius 3 is 2.60 bits per heavy atom. The third-order valence-electron chi connectivity index (χ3n) is 2.20. The molecule has 1 aromatic carbocycles. The molecule has 0 spiro atoms. The minimum absolute atomic E-state index is 0.503. The summed E-state index contributed by atoms with van der Waals surface area (Å²) < 4.78 is 10.3. The van der Waals surface area contributed by atoms with Crippen molar-refractivity contribution in [2.24, 2.45) is 5.73 Å². The van der Waals surface area contributed by atoms with Crippen molar-refractivity contribution >= 4 is 0 Å². The Balaban J connectivity index is 2.81. The number of nitrogens with two attached hydrogens (primary N) is 1. The summed E-state index contributed by atoms with van der Waals surface area (Å²) in [6.07, 6.45) is 0.377. The van der Waals surface area contributed by atoms with Crippen LogP contribution < -0.4 is 15.2 Å². The van der Waals surface area contributed by atoms with Crippen molar-refractivity contribution in [1.29, 1.82) is 0 Å². The van der Waals surface area contributed by atoms with Crippen LogP contribution in [0.3, 0.4) is 0 Å². The van der Waals surface area contributed by atoms with Crippen molar-refractivity contribution in [3.05, 3.63) is 23.8 Å². The maximum Gasteiger partial charge on any atom is 0.122 e. The first-order chi connectivity index (χ1) is 7.17. The largest absolute Gasteiger partial charge is 0.497 e. The van der Waals surface area contributed by atoms with Crippen LogP contribution in [-0.4, -0.2) is 25.6 Å². The maximum absolute atomic E-state index is 9.01. The van der Waals surface area contributed by atoms with E-state index in [0.29, 0.717) is 12.8 Å². The van der Waals surface area contributed by atoms with Crippen LogP contribution in [0.5, 0.6) is 11.5 Å². The molecule has 0 bridgehead atoms. The molecule has 0 aliphatic carbocycles. The third kappa shape index (κ3) is 3.42. The van der Waals surface area contributed by atoms with Gasteiger partial charge in [-0.15, -0.1) is 0 Å². The molecule has 1 atom stereocenters. The lowest BCUT2D eigenvalue weighted by molar-refractivity contribution is 0.172. The summed E-state index contributed by atoms with van der Waals surface area (Å²) in [4.78, 5) is 0. The van der Waals surface area contributed by atoms with Gasteiger partial charge in [-0.25, -0.2) is 0 Å². The Morgan fingerprint density at radius 2 is 2.07 bits per heavy atom. The number of benzene rings is 1. The molecule has 0 fully saturated rings. The molecule has 0 aliphatic heterocycles.